The Morgan fingerprint density at radius 1 is 1.35 bits per heavy atom. The number of carbonyl (C=O) groups is 2. The Labute approximate surface area is 141 Å². The van der Waals surface area contributed by atoms with E-state index in [0.29, 0.717) is 10.9 Å². The number of hydrogen-bond acceptors (Lipinski definition) is 4. The van der Waals surface area contributed by atoms with Gasteiger partial charge < -0.3 is 15.8 Å². The summed E-state index contributed by atoms with van der Waals surface area (Å²) in [5, 5.41) is 3.42. The quantitative estimate of drug-likeness (QED) is 0.652. The van der Waals surface area contributed by atoms with Crippen LogP contribution in [0.5, 0.6) is 0 Å². The van der Waals surface area contributed by atoms with Crippen molar-refractivity contribution in [2.24, 2.45) is 5.92 Å². The summed E-state index contributed by atoms with van der Waals surface area (Å²) in [5.41, 5.74) is 6.20. The van der Waals surface area contributed by atoms with Crippen LogP contribution in [-0.4, -0.2) is 24.0 Å². The summed E-state index contributed by atoms with van der Waals surface area (Å²) >= 11 is 5.80. The summed E-state index contributed by atoms with van der Waals surface area (Å²) in [7, 11) is 0. The maximum Gasteiger partial charge on any atom is 0.341 e. The van der Waals surface area contributed by atoms with Crippen molar-refractivity contribution in [1.29, 1.82) is 0 Å². The summed E-state index contributed by atoms with van der Waals surface area (Å²) in [6, 6.07) is 4.68. The highest BCUT2D eigenvalue weighted by atomic mass is 35.5. The van der Waals surface area contributed by atoms with Gasteiger partial charge in [0.2, 0.25) is 0 Å². The first-order valence-corrected chi connectivity index (χ1v) is 8.32. The van der Waals surface area contributed by atoms with E-state index >= 15 is 0 Å². The molecule has 0 aromatic heterocycles. The fourth-order valence-electron chi connectivity index (χ4n) is 2.83. The lowest BCUT2D eigenvalue weighted by atomic mass is 9.86. The number of hydrogen-bond donors (Lipinski definition) is 2. The van der Waals surface area contributed by atoms with Crippen molar-refractivity contribution in [1.82, 2.24) is 5.32 Å². The van der Waals surface area contributed by atoms with E-state index in [0.717, 1.165) is 19.3 Å². The van der Waals surface area contributed by atoms with Crippen molar-refractivity contribution in [3.05, 3.63) is 28.8 Å². The van der Waals surface area contributed by atoms with Crippen molar-refractivity contribution in [3.8, 4) is 0 Å². The smallest absolute Gasteiger partial charge is 0.341 e. The van der Waals surface area contributed by atoms with Crippen molar-refractivity contribution >= 4 is 29.2 Å². The first-order chi connectivity index (χ1) is 10.9. The fourth-order valence-corrected chi connectivity index (χ4v) is 3.01. The van der Waals surface area contributed by atoms with E-state index in [4.69, 9.17) is 22.1 Å². The average Bonchev–Trinajstić information content (AvgIpc) is 2.49. The number of esters is 1. The predicted molar refractivity (Wildman–Crippen MR) is 90.3 cm³/mol. The molecule has 3 atom stereocenters. The summed E-state index contributed by atoms with van der Waals surface area (Å²) in [6.07, 6.45) is 3.53. The summed E-state index contributed by atoms with van der Waals surface area (Å²) in [4.78, 5) is 24.3. The first kappa shape index (κ1) is 17.6. The van der Waals surface area contributed by atoms with Crippen LogP contribution in [0.3, 0.4) is 0 Å². The maximum atomic E-state index is 12.2. The minimum Gasteiger partial charge on any atom is -0.449 e. The number of amides is 1. The molecule has 0 bridgehead atoms. The molecule has 23 heavy (non-hydrogen) atoms. The van der Waals surface area contributed by atoms with Crippen LogP contribution in [-0.2, 0) is 9.53 Å². The van der Waals surface area contributed by atoms with E-state index in [2.05, 4.69) is 12.2 Å². The highest BCUT2D eigenvalue weighted by Gasteiger charge is 2.26. The molecule has 1 fully saturated rings. The van der Waals surface area contributed by atoms with Gasteiger partial charge in [0.15, 0.2) is 6.10 Å². The molecule has 6 heteroatoms. The monoisotopic (exact) mass is 338 g/mol. The van der Waals surface area contributed by atoms with Gasteiger partial charge in [0.05, 0.1) is 5.56 Å². The summed E-state index contributed by atoms with van der Waals surface area (Å²) in [6.45, 7) is 3.70. The number of anilines is 1. The maximum absolute atomic E-state index is 12.2. The molecular weight excluding hydrogens is 316 g/mol. The zero-order valence-corrected chi connectivity index (χ0v) is 14.2. The van der Waals surface area contributed by atoms with E-state index in [1.807, 2.05) is 0 Å². The normalized spacial score (nSPS) is 22.2. The van der Waals surface area contributed by atoms with Crippen molar-refractivity contribution in [3.63, 3.8) is 0 Å². The van der Waals surface area contributed by atoms with Gasteiger partial charge in [0.1, 0.15) is 0 Å². The number of nitrogen functional groups attached to an aromatic ring is 1. The molecular formula is C17H23ClN2O3. The number of nitrogens with one attached hydrogen (secondary N) is 1. The van der Waals surface area contributed by atoms with Gasteiger partial charge in [-0.3, -0.25) is 4.79 Å². The highest BCUT2D eigenvalue weighted by molar-refractivity contribution is 6.31. The van der Waals surface area contributed by atoms with E-state index in [1.165, 1.54) is 18.6 Å². The molecule has 0 aliphatic heterocycles. The Bertz CT molecular complexity index is 591. The number of nitrogens with two attached hydrogens (primary N) is 1. The standard InChI is InChI=1S/C17H23ClN2O3/c1-10-5-3-4-6-15(10)20-16(21)11(2)23-17(22)13-8-7-12(18)9-14(13)19/h7-11,15H,3-6,19H2,1-2H3,(H,20,21)/t10-,11-,15+/m1/s1. The molecule has 0 spiro atoms. The fraction of sp³-hybridized carbons (Fsp3) is 0.529. The molecule has 1 saturated carbocycles. The molecule has 1 aliphatic rings. The second kappa shape index (κ2) is 7.68. The van der Waals surface area contributed by atoms with Gasteiger partial charge >= 0.3 is 5.97 Å². The molecule has 2 rings (SSSR count). The van der Waals surface area contributed by atoms with Crippen LogP contribution in [0.25, 0.3) is 0 Å². The molecule has 126 valence electrons. The van der Waals surface area contributed by atoms with Gasteiger partial charge in [0.25, 0.3) is 5.91 Å². The molecule has 0 unspecified atom stereocenters. The number of halogens is 1. The largest absolute Gasteiger partial charge is 0.449 e. The lowest BCUT2D eigenvalue weighted by Crippen LogP contribution is -2.46. The third-order valence-corrected chi connectivity index (χ3v) is 4.56. The lowest BCUT2D eigenvalue weighted by Gasteiger charge is -2.30. The zero-order valence-electron chi connectivity index (χ0n) is 13.5. The van der Waals surface area contributed by atoms with E-state index in [-0.39, 0.29) is 23.2 Å². The lowest BCUT2D eigenvalue weighted by molar-refractivity contribution is -0.130. The molecule has 1 aliphatic carbocycles. The Balaban J connectivity index is 1.93. The van der Waals surface area contributed by atoms with Crippen molar-refractivity contribution in [2.75, 3.05) is 5.73 Å². The molecule has 3 N–H and O–H groups in total. The Morgan fingerprint density at radius 3 is 2.70 bits per heavy atom. The van der Waals surface area contributed by atoms with Gasteiger partial charge in [-0.15, -0.1) is 0 Å². The number of ether oxygens (including phenoxy) is 1. The average molecular weight is 339 g/mol. The second-order valence-corrected chi connectivity index (χ2v) is 6.59. The highest BCUT2D eigenvalue weighted by Crippen LogP contribution is 2.24. The predicted octanol–water partition coefficient (Wildman–Crippen LogP) is 3.16. The molecule has 0 heterocycles. The zero-order chi connectivity index (χ0) is 17.0. The summed E-state index contributed by atoms with van der Waals surface area (Å²) < 4.78 is 5.22. The van der Waals surface area contributed by atoms with Crippen LogP contribution in [0.15, 0.2) is 18.2 Å². The van der Waals surface area contributed by atoms with E-state index in [9.17, 15) is 9.59 Å². The Kier molecular flexibility index (Phi) is 5.88. The number of rotatable bonds is 4. The van der Waals surface area contributed by atoms with Crippen LogP contribution >= 0.6 is 11.6 Å². The third-order valence-electron chi connectivity index (χ3n) is 4.33. The number of carbonyl (C=O) groups excluding carboxylic acids is 2. The molecule has 0 saturated heterocycles. The minimum absolute atomic E-state index is 0.151. The molecule has 1 aromatic carbocycles. The molecule has 0 radical (unpaired) electrons. The minimum atomic E-state index is -0.869. The Morgan fingerprint density at radius 2 is 2.04 bits per heavy atom. The van der Waals surface area contributed by atoms with Crippen molar-refractivity contribution < 1.29 is 14.3 Å². The topological polar surface area (TPSA) is 81.4 Å². The van der Waals surface area contributed by atoms with Gasteiger partial charge in [-0.2, -0.15) is 0 Å². The third kappa shape index (κ3) is 4.61. The van der Waals surface area contributed by atoms with Crippen LogP contribution in [0.4, 0.5) is 5.69 Å². The van der Waals surface area contributed by atoms with E-state index < -0.39 is 12.1 Å². The van der Waals surface area contributed by atoms with Crippen LogP contribution in [0.1, 0.15) is 49.9 Å². The van der Waals surface area contributed by atoms with Crippen LogP contribution in [0, 0.1) is 5.92 Å². The summed E-state index contributed by atoms with van der Waals surface area (Å²) in [5.74, 6) is -0.453. The first-order valence-electron chi connectivity index (χ1n) is 7.95. The van der Waals surface area contributed by atoms with Crippen molar-refractivity contribution in [2.45, 2.75) is 51.7 Å². The van der Waals surface area contributed by atoms with Gasteiger partial charge in [0, 0.05) is 16.8 Å². The van der Waals surface area contributed by atoms with Gasteiger partial charge in [-0.25, -0.2) is 4.79 Å². The number of benzene rings is 1. The van der Waals surface area contributed by atoms with Gasteiger partial charge in [-0.1, -0.05) is 31.4 Å². The molecule has 1 amide bonds. The molecule has 1 aromatic rings. The Hall–Kier alpha value is -1.75. The SMILES string of the molecule is C[C@@H]1CCCC[C@@H]1NC(=O)[C@@H](C)OC(=O)c1ccc(Cl)cc1N. The van der Waals surface area contributed by atoms with Crippen LogP contribution in [0.2, 0.25) is 5.02 Å². The van der Waals surface area contributed by atoms with Crippen LogP contribution < -0.4 is 11.1 Å². The van der Waals surface area contributed by atoms with Gasteiger partial charge in [-0.05, 0) is 43.9 Å². The second-order valence-electron chi connectivity index (χ2n) is 6.16. The molecule has 5 nitrogen and oxygen atoms in total. The van der Waals surface area contributed by atoms with E-state index in [1.54, 1.807) is 13.0 Å².